The van der Waals surface area contributed by atoms with Crippen LogP contribution in [0.3, 0.4) is 0 Å². The van der Waals surface area contributed by atoms with Gasteiger partial charge in [-0.3, -0.25) is 19.6 Å². The van der Waals surface area contributed by atoms with E-state index in [1.165, 1.54) is 0 Å². The van der Waals surface area contributed by atoms with E-state index >= 15 is 0 Å². The number of aryl methyl sites for hydroxylation is 3. The van der Waals surface area contributed by atoms with Gasteiger partial charge in [0.05, 0.1) is 5.69 Å². The molecule has 7 heteroatoms. The summed E-state index contributed by atoms with van der Waals surface area (Å²) >= 11 is 0. The number of aromatic amines is 1. The van der Waals surface area contributed by atoms with Gasteiger partial charge >= 0.3 is 0 Å². The first-order valence-electron chi connectivity index (χ1n) is 10.3. The highest BCUT2D eigenvalue weighted by atomic mass is 16.2. The minimum absolute atomic E-state index is 0.178. The molecule has 1 aromatic carbocycles. The number of carbonyl (C=O) groups excluding carboxylic acids is 1. The summed E-state index contributed by atoms with van der Waals surface area (Å²) in [6, 6.07) is 9.73. The fraction of sp³-hybridized carbons (Fsp3) is 0.250. The lowest BCUT2D eigenvalue weighted by molar-refractivity contribution is 0.0937. The predicted molar refractivity (Wildman–Crippen MR) is 120 cm³/mol. The summed E-state index contributed by atoms with van der Waals surface area (Å²) in [5.74, 6) is -0.361. The standard InChI is InChI=1S/C24H25N5O2/c1-16-7-11-29(12-8-18-14-27-21-6-4-3-5-20(18)21)24(31)22(16)23(30)28-17(2)13-19-15-25-9-10-26-19/h3-7,9-11,14-15,17,27H,8,12-13H2,1-2H3,(H,28,30). The number of fused-ring (bicyclic) bond motifs is 1. The summed E-state index contributed by atoms with van der Waals surface area (Å²) in [5.41, 5.74) is 3.59. The average molecular weight is 415 g/mol. The zero-order chi connectivity index (χ0) is 21.8. The monoisotopic (exact) mass is 415 g/mol. The molecule has 1 amide bonds. The Labute approximate surface area is 180 Å². The van der Waals surface area contributed by atoms with E-state index in [2.05, 4.69) is 26.3 Å². The quantitative estimate of drug-likeness (QED) is 0.485. The minimum Gasteiger partial charge on any atom is -0.361 e. The molecule has 0 fully saturated rings. The highest BCUT2D eigenvalue weighted by Gasteiger charge is 2.18. The maximum absolute atomic E-state index is 13.1. The van der Waals surface area contributed by atoms with Gasteiger partial charge in [-0.1, -0.05) is 18.2 Å². The van der Waals surface area contributed by atoms with E-state index in [-0.39, 0.29) is 23.1 Å². The molecule has 2 N–H and O–H groups in total. The summed E-state index contributed by atoms with van der Waals surface area (Å²) in [6.07, 6.45) is 9.87. The number of para-hydroxylation sites is 1. The van der Waals surface area contributed by atoms with Crippen molar-refractivity contribution in [3.63, 3.8) is 0 Å². The average Bonchev–Trinajstić information content (AvgIpc) is 3.17. The van der Waals surface area contributed by atoms with Crippen molar-refractivity contribution < 1.29 is 4.79 Å². The fourth-order valence-electron chi connectivity index (χ4n) is 3.79. The van der Waals surface area contributed by atoms with Crippen LogP contribution >= 0.6 is 0 Å². The summed E-state index contributed by atoms with van der Waals surface area (Å²) < 4.78 is 1.61. The lowest BCUT2D eigenvalue weighted by Gasteiger charge is -2.15. The van der Waals surface area contributed by atoms with Crippen LogP contribution in [0.1, 0.15) is 34.1 Å². The van der Waals surface area contributed by atoms with Crippen LogP contribution in [0.5, 0.6) is 0 Å². The van der Waals surface area contributed by atoms with Crippen molar-refractivity contribution in [1.29, 1.82) is 0 Å². The number of aromatic nitrogens is 4. The molecule has 1 unspecified atom stereocenters. The van der Waals surface area contributed by atoms with Gasteiger partial charge in [-0.2, -0.15) is 0 Å². The normalized spacial score (nSPS) is 12.1. The molecule has 0 bridgehead atoms. The van der Waals surface area contributed by atoms with Crippen molar-refractivity contribution in [2.75, 3.05) is 0 Å². The van der Waals surface area contributed by atoms with Gasteiger partial charge in [-0.15, -0.1) is 0 Å². The number of hydrogen-bond acceptors (Lipinski definition) is 4. The van der Waals surface area contributed by atoms with Crippen molar-refractivity contribution in [3.05, 3.63) is 94.1 Å². The molecule has 4 rings (SSSR count). The van der Waals surface area contributed by atoms with Crippen LogP contribution in [0.4, 0.5) is 0 Å². The molecule has 0 aliphatic carbocycles. The van der Waals surface area contributed by atoms with Crippen molar-refractivity contribution in [3.8, 4) is 0 Å². The van der Waals surface area contributed by atoms with E-state index in [1.54, 1.807) is 36.3 Å². The molecule has 3 aromatic heterocycles. The van der Waals surface area contributed by atoms with Gasteiger partial charge < -0.3 is 14.9 Å². The van der Waals surface area contributed by atoms with Crippen molar-refractivity contribution in [2.45, 2.75) is 39.3 Å². The summed E-state index contributed by atoms with van der Waals surface area (Å²) in [6.45, 7) is 4.17. The van der Waals surface area contributed by atoms with Gasteiger partial charge in [-0.05, 0) is 43.5 Å². The van der Waals surface area contributed by atoms with Gasteiger partial charge in [0, 0.05) is 60.9 Å². The van der Waals surface area contributed by atoms with E-state index in [9.17, 15) is 9.59 Å². The minimum atomic E-state index is -0.361. The number of pyridine rings is 1. The molecule has 4 aromatic rings. The van der Waals surface area contributed by atoms with Crippen LogP contribution in [0.2, 0.25) is 0 Å². The first-order chi connectivity index (χ1) is 15.0. The number of nitrogens with zero attached hydrogens (tertiary/aromatic N) is 3. The van der Waals surface area contributed by atoms with Crippen LogP contribution < -0.4 is 10.9 Å². The second-order valence-corrected chi connectivity index (χ2v) is 7.76. The van der Waals surface area contributed by atoms with Crippen LogP contribution in [-0.2, 0) is 19.4 Å². The third-order valence-corrected chi connectivity index (χ3v) is 5.41. The molecule has 158 valence electrons. The number of benzene rings is 1. The van der Waals surface area contributed by atoms with E-state index < -0.39 is 0 Å². The SMILES string of the molecule is Cc1ccn(CCc2c[nH]c3ccccc23)c(=O)c1C(=O)NC(C)Cc1cnccn1. The number of hydrogen-bond donors (Lipinski definition) is 2. The maximum atomic E-state index is 13.1. The highest BCUT2D eigenvalue weighted by molar-refractivity contribution is 5.95. The van der Waals surface area contributed by atoms with Crippen molar-refractivity contribution in [2.24, 2.45) is 0 Å². The molecule has 0 aliphatic rings. The second kappa shape index (κ2) is 8.95. The lowest BCUT2D eigenvalue weighted by atomic mass is 10.1. The second-order valence-electron chi connectivity index (χ2n) is 7.76. The Morgan fingerprint density at radius 3 is 2.87 bits per heavy atom. The maximum Gasteiger partial charge on any atom is 0.263 e. The molecule has 0 saturated heterocycles. The number of amides is 1. The predicted octanol–water partition coefficient (Wildman–Crippen LogP) is 3.03. The third-order valence-electron chi connectivity index (χ3n) is 5.41. The Morgan fingerprint density at radius 2 is 2.06 bits per heavy atom. The Morgan fingerprint density at radius 1 is 1.23 bits per heavy atom. The number of carbonyl (C=O) groups is 1. The van der Waals surface area contributed by atoms with Crippen LogP contribution in [-0.4, -0.2) is 31.5 Å². The summed E-state index contributed by atoms with van der Waals surface area (Å²) in [4.78, 5) is 37.5. The first kappa shape index (κ1) is 20.5. The third kappa shape index (κ3) is 4.55. The molecular weight excluding hydrogens is 390 g/mol. The largest absolute Gasteiger partial charge is 0.361 e. The van der Waals surface area contributed by atoms with E-state index in [4.69, 9.17) is 0 Å². The van der Waals surface area contributed by atoms with Gasteiger partial charge in [0.2, 0.25) is 0 Å². The van der Waals surface area contributed by atoms with Gasteiger partial charge in [-0.25, -0.2) is 0 Å². The van der Waals surface area contributed by atoms with E-state index in [1.807, 2.05) is 37.4 Å². The van der Waals surface area contributed by atoms with Crippen molar-refractivity contribution >= 4 is 16.8 Å². The van der Waals surface area contributed by atoms with Gasteiger partial charge in [0.1, 0.15) is 5.56 Å². The molecule has 0 radical (unpaired) electrons. The van der Waals surface area contributed by atoms with Gasteiger partial charge in [0.25, 0.3) is 11.5 Å². The van der Waals surface area contributed by atoms with Gasteiger partial charge in [0.15, 0.2) is 0 Å². The lowest BCUT2D eigenvalue weighted by Crippen LogP contribution is -2.39. The molecule has 0 saturated carbocycles. The molecule has 7 nitrogen and oxygen atoms in total. The smallest absolute Gasteiger partial charge is 0.263 e. The molecule has 0 spiro atoms. The Balaban J connectivity index is 1.49. The Kier molecular flexibility index (Phi) is 5.93. The molecule has 1 atom stereocenters. The van der Waals surface area contributed by atoms with Crippen LogP contribution in [0, 0.1) is 6.92 Å². The van der Waals surface area contributed by atoms with E-state index in [0.29, 0.717) is 24.9 Å². The van der Waals surface area contributed by atoms with E-state index in [0.717, 1.165) is 22.2 Å². The summed E-state index contributed by atoms with van der Waals surface area (Å²) in [5, 5.41) is 4.07. The number of nitrogens with one attached hydrogen (secondary N) is 2. The summed E-state index contributed by atoms with van der Waals surface area (Å²) in [7, 11) is 0. The topological polar surface area (TPSA) is 92.7 Å². The molecule has 3 heterocycles. The van der Waals surface area contributed by atoms with Crippen molar-refractivity contribution in [1.82, 2.24) is 24.8 Å². The van der Waals surface area contributed by atoms with Crippen LogP contribution in [0.15, 0.2) is 66.1 Å². The van der Waals surface area contributed by atoms with Crippen LogP contribution in [0.25, 0.3) is 10.9 Å². The Bertz CT molecular complexity index is 1260. The molecular formula is C24H25N5O2. The number of H-pyrrole nitrogens is 1. The zero-order valence-electron chi connectivity index (χ0n) is 17.6. The Hall–Kier alpha value is -3.74. The molecule has 0 aliphatic heterocycles. The fourth-order valence-corrected chi connectivity index (χ4v) is 3.79. The first-order valence-corrected chi connectivity index (χ1v) is 10.3. The highest BCUT2D eigenvalue weighted by Crippen LogP contribution is 2.18. The zero-order valence-corrected chi connectivity index (χ0v) is 17.6. The molecule has 31 heavy (non-hydrogen) atoms. The number of rotatable bonds is 7.